The molecule has 0 aliphatic rings. The Labute approximate surface area is 107 Å². The predicted molar refractivity (Wildman–Crippen MR) is 67.4 cm³/mol. The summed E-state index contributed by atoms with van der Waals surface area (Å²) in [7, 11) is 0. The third kappa shape index (κ3) is 1.99. The standard InChI is InChI=1S/C13H9N3O3/c17-11(18)5-4-9-12(10-3-1-8-19-10)15-16-7-2-6-14-13(9)16/h1-8H,(H,17,18)/b5-4+. The zero-order valence-electron chi connectivity index (χ0n) is 9.72. The summed E-state index contributed by atoms with van der Waals surface area (Å²) in [4.78, 5) is 14.9. The van der Waals surface area contributed by atoms with Crippen molar-refractivity contribution in [3.63, 3.8) is 0 Å². The highest BCUT2D eigenvalue weighted by Gasteiger charge is 2.15. The molecule has 0 aromatic carbocycles. The summed E-state index contributed by atoms with van der Waals surface area (Å²) in [6.07, 6.45) is 7.43. The molecule has 0 aliphatic heterocycles. The highest BCUT2D eigenvalue weighted by atomic mass is 16.4. The van der Waals surface area contributed by atoms with E-state index in [0.29, 0.717) is 22.7 Å². The number of furan rings is 1. The fraction of sp³-hybridized carbons (Fsp3) is 0. The molecule has 0 bridgehead atoms. The fourth-order valence-corrected chi connectivity index (χ4v) is 1.81. The first-order chi connectivity index (χ1) is 9.25. The lowest BCUT2D eigenvalue weighted by molar-refractivity contribution is -0.131. The first kappa shape index (κ1) is 11.2. The predicted octanol–water partition coefficient (Wildman–Crippen LogP) is 2.09. The number of rotatable bonds is 3. The largest absolute Gasteiger partial charge is 0.478 e. The van der Waals surface area contributed by atoms with Crippen molar-refractivity contribution in [2.45, 2.75) is 0 Å². The molecule has 3 aromatic heterocycles. The van der Waals surface area contributed by atoms with Crippen molar-refractivity contribution < 1.29 is 14.3 Å². The number of aliphatic carboxylic acids is 1. The van der Waals surface area contributed by atoms with Gasteiger partial charge in [0.05, 0.1) is 11.8 Å². The summed E-state index contributed by atoms with van der Waals surface area (Å²) in [6.45, 7) is 0. The first-order valence-corrected chi connectivity index (χ1v) is 5.54. The lowest BCUT2D eigenvalue weighted by Crippen LogP contribution is -1.88. The number of hydrogen-bond donors (Lipinski definition) is 1. The van der Waals surface area contributed by atoms with Crippen LogP contribution in [0.3, 0.4) is 0 Å². The van der Waals surface area contributed by atoms with Crippen LogP contribution in [-0.2, 0) is 4.79 Å². The molecule has 19 heavy (non-hydrogen) atoms. The van der Waals surface area contributed by atoms with Gasteiger partial charge in [0.2, 0.25) is 0 Å². The Bertz CT molecular complexity index is 757. The van der Waals surface area contributed by atoms with Gasteiger partial charge in [-0.05, 0) is 24.3 Å². The van der Waals surface area contributed by atoms with Crippen molar-refractivity contribution in [1.82, 2.24) is 14.6 Å². The molecule has 6 heteroatoms. The number of carboxylic acids is 1. The van der Waals surface area contributed by atoms with Gasteiger partial charge in [0.25, 0.3) is 0 Å². The summed E-state index contributed by atoms with van der Waals surface area (Å²) >= 11 is 0. The van der Waals surface area contributed by atoms with Crippen LogP contribution in [0.5, 0.6) is 0 Å². The maximum Gasteiger partial charge on any atom is 0.328 e. The summed E-state index contributed by atoms with van der Waals surface area (Å²) in [5.74, 6) is -0.462. The summed E-state index contributed by atoms with van der Waals surface area (Å²) < 4.78 is 6.89. The van der Waals surface area contributed by atoms with Crippen LogP contribution in [0.1, 0.15) is 5.56 Å². The van der Waals surface area contributed by atoms with Gasteiger partial charge in [-0.25, -0.2) is 14.3 Å². The Morgan fingerprint density at radius 2 is 2.32 bits per heavy atom. The lowest BCUT2D eigenvalue weighted by atomic mass is 10.2. The van der Waals surface area contributed by atoms with Crippen LogP contribution in [0.2, 0.25) is 0 Å². The van der Waals surface area contributed by atoms with Crippen molar-refractivity contribution in [2.24, 2.45) is 0 Å². The summed E-state index contributed by atoms with van der Waals surface area (Å²) in [6, 6.07) is 5.26. The Morgan fingerprint density at radius 1 is 1.42 bits per heavy atom. The minimum absolute atomic E-state index is 0.557. The molecule has 0 saturated heterocycles. The van der Waals surface area contributed by atoms with E-state index in [2.05, 4.69) is 10.1 Å². The number of nitrogens with zero attached hydrogens (tertiary/aromatic N) is 3. The van der Waals surface area contributed by atoms with Crippen molar-refractivity contribution in [3.8, 4) is 11.5 Å². The molecule has 6 nitrogen and oxygen atoms in total. The number of carbonyl (C=O) groups is 1. The van der Waals surface area contributed by atoms with Gasteiger partial charge < -0.3 is 9.52 Å². The monoisotopic (exact) mass is 255 g/mol. The third-order valence-electron chi connectivity index (χ3n) is 2.58. The molecule has 0 radical (unpaired) electrons. The van der Waals surface area contributed by atoms with E-state index in [1.807, 2.05) is 0 Å². The lowest BCUT2D eigenvalue weighted by Gasteiger charge is -1.92. The quantitative estimate of drug-likeness (QED) is 0.725. The molecule has 0 unspecified atom stereocenters. The van der Waals surface area contributed by atoms with Crippen LogP contribution < -0.4 is 0 Å². The Balaban J connectivity index is 2.25. The van der Waals surface area contributed by atoms with Crippen molar-refractivity contribution >= 4 is 17.7 Å². The van der Waals surface area contributed by atoms with E-state index in [4.69, 9.17) is 9.52 Å². The molecule has 3 aromatic rings. The van der Waals surface area contributed by atoms with Gasteiger partial charge in [0, 0.05) is 18.5 Å². The molecule has 0 spiro atoms. The van der Waals surface area contributed by atoms with E-state index in [-0.39, 0.29) is 0 Å². The normalized spacial score (nSPS) is 11.4. The number of fused-ring (bicyclic) bond motifs is 1. The molecule has 0 fully saturated rings. The summed E-state index contributed by atoms with van der Waals surface area (Å²) in [5, 5.41) is 13.1. The van der Waals surface area contributed by atoms with Crippen LogP contribution in [0, 0.1) is 0 Å². The Morgan fingerprint density at radius 3 is 3.05 bits per heavy atom. The van der Waals surface area contributed by atoms with Crippen LogP contribution in [0.4, 0.5) is 0 Å². The number of aromatic nitrogens is 3. The average Bonchev–Trinajstić information content (AvgIpc) is 3.03. The molecular weight excluding hydrogens is 246 g/mol. The van der Waals surface area contributed by atoms with Gasteiger partial charge in [0.15, 0.2) is 11.4 Å². The van der Waals surface area contributed by atoms with Crippen LogP contribution >= 0.6 is 0 Å². The Hall–Kier alpha value is -2.89. The first-order valence-electron chi connectivity index (χ1n) is 5.54. The van der Waals surface area contributed by atoms with Crippen molar-refractivity contribution in [2.75, 3.05) is 0 Å². The van der Waals surface area contributed by atoms with Crippen LogP contribution in [0.15, 0.2) is 47.3 Å². The van der Waals surface area contributed by atoms with Gasteiger partial charge in [-0.3, -0.25) is 0 Å². The van der Waals surface area contributed by atoms with E-state index >= 15 is 0 Å². The average molecular weight is 255 g/mol. The molecule has 3 heterocycles. The zero-order chi connectivity index (χ0) is 13.2. The minimum Gasteiger partial charge on any atom is -0.478 e. The smallest absolute Gasteiger partial charge is 0.328 e. The molecule has 0 saturated carbocycles. The molecule has 94 valence electrons. The fourth-order valence-electron chi connectivity index (χ4n) is 1.81. The second-order valence-electron chi connectivity index (χ2n) is 3.80. The highest BCUT2D eigenvalue weighted by molar-refractivity contribution is 5.89. The van der Waals surface area contributed by atoms with Gasteiger partial charge in [-0.15, -0.1) is 0 Å². The van der Waals surface area contributed by atoms with E-state index < -0.39 is 5.97 Å². The molecule has 0 aliphatic carbocycles. The van der Waals surface area contributed by atoms with E-state index in [0.717, 1.165) is 6.08 Å². The second kappa shape index (κ2) is 4.41. The van der Waals surface area contributed by atoms with Gasteiger partial charge >= 0.3 is 5.97 Å². The van der Waals surface area contributed by atoms with E-state index in [1.165, 1.54) is 12.3 Å². The second-order valence-corrected chi connectivity index (χ2v) is 3.80. The van der Waals surface area contributed by atoms with Crippen molar-refractivity contribution in [3.05, 3.63) is 48.5 Å². The van der Waals surface area contributed by atoms with E-state index in [9.17, 15) is 4.79 Å². The van der Waals surface area contributed by atoms with Gasteiger partial charge in [-0.1, -0.05) is 0 Å². The maximum atomic E-state index is 10.7. The summed E-state index contributed by atoms with van der Waals surface area (Å²) in [5.41, 5.74) is 1.74. The third-order valence-corrected chi connectivity index (χ3v) is 2.58. The molecular formula is C13H9N3O3. The van der Waals surface area contributed by atoms with Crippen LogP contribution in [-0.4, -0.2) is 25.7 Å². The van der Waals surface area contributed by atoms with E-state index in [1.54, 1.807) is 35.1 Å². The molecule has 0 atom stereocenters. The number of carboxylic acid groups (broad SMARTS) is 1. The number of hydrogen-bond acceptors (Lipinski definition) is 4. The van der Waals surface area contributed by atoms with Gasteiger partial charge in [-0.2, -0.15) is 5.10 Å². The SMILES string of the molecule is O=C(O)/C=C/c1c(-c2ccco2)nn2cccnc12. The molecule has 1 N–H and O–H groups in total. The van der Waals surface area contributed by atoms with Crippen LogP contribution in [0.25, 0.3) is 23.2 Å². The maximum absolute atomic E-state index is 10.7. The topological polar surface area (TPSA) is 80.6 Å². The highest BCUT2D eigenvalue weighted by Crippen LogP contribution is 2.26. The van der Waals surface area contributed by atoms with Gasteiger partial charge in [0.1, 0.15) is 5.69 Å². The minimum atomic E-state index is -1.03. The zero-order valence-corrected chi connectivity index (χ0v) is 9.72. The molecule has 3 rings (SSSR count). The van der Waals surface area contributed by atoms with Crippen molar-refractivity contribution in [1.29, 1.82) is 0 Å². The Kier molecular flexibility index (Phi) is 2.60. The molecule has 0 amide bonds.